The van der Waals surface area contributed by atoms with Crippen molar-refractivity contribution in [2.75, 3.05) is 0 Å². The Morgan fingerprint density at radius 2 is 2.25 bits per heavy atom. The molecule has 0 aromatic carbocycles. The van der Waals surface area contributed by atoms with E-state index in [4.69, 9.17) is 11.6 Å². The second-order valence-corrected chi connectivity index (χ2v) is 3.17. The molecule has 0 fully saturated rings. The van der Waals surface area contributed by atoms with Crippen molar-refractivity contribution in [3.63, 3.8) is 0 Å². The van der Waals surface area contributed by atoms with E-state index in [2.05, 4.69) is 15.3 Å². The molecular formula is C8H10ClN3. The van der Waals surface area contributed by atoms with Crippen LogP contribution in [-0.2, 0) is 19.5 Å². The lowest BCUT2D eigenvalue weighted by Crippen LogP contribution is -2.01. The van der Waals surface area contributed by atoms with Crippen LogP contribution in [-0.4, -0.2) is 9.97 Å². The third kappa shape index (κ3) is 1.19. The van der Waals surface area contributed by atoms with Gasteiger partial charge < -0.3 is 5.32 Å². The normalized spacial score (nSPS) is 14.8. The number of nitrogens with one attached hydrogen (secondary N) is 1. The van der Waals surface area contributed by atoms with E-state index in [0.717, 1.165) is 36.6 Å². The highest BCUT2D eigenvalue weighted by atomic mass is 35.5. The number of hydrogen-bond donors (Lipinski definition) is 1. The van der Waals surface area contributed by atoms with Crippen molar-refractivity contribution in [2.24, 2.45) is 0 Å². The Balaban J connectivity index is 2.51. The monoisotopic (exact) mass is 183 g/mol. The molecule has 1 aliphatic rings. The van der Waals surface area contributed by atoms with Crippen molar-refractivity contribution in [1.29, 1.82) is 0 Å². The molecule has 1 aromatic rings. The molecule has 0 aliphatic carbocycles. The summed E-state index contributed by atoms with van der Waals surface area (Å²) in [4.78, 5) is 8.55. The predicted octanol–water partition coefficient (Wildman–Crippen LogP) is 1.30. The second kappa shape index (κ2) is 2.99. The van der Waals surface area contributed by atoms with E-state index >= 15 is 0 Å². The molecule has 1 aliphatic heterocycles. The number of rotatable bonds is 1. The summed E-state index contributed by atoms with van der Waals surface area (Å²) in [5.74, 6) is 0.836. The van der Waals surface area contributed by atoms with Crippen LogP contribution >= 0.6 is 11.6 Å². The van der Waals surface area contributed by atoms with Crippen molar-refractivity contribution in [2.45, 2.75) is 26.4 Å². The summed E-state index contributed by atoms with van der Waals surface area (Å²) < 4.78 is 0. The summed E-state index contributed by atoms with van der Waals surface area (Å²) in [7, 11) is 0. The standard InChI is InChI=1S/C8H10ClN3/c1-2-7-11-6-4-10-3-5(6)8(9)12-7/h10H,2-4H2,1H3. The molecule has 0 radical (unpaired) electrons. The van der Waals surface area contributed by atoms with Gasteiger partial charge in [0.05, 0.1) is 5.69 Å². The zero-order valence-corrected chi connectivity index (χ0v) is 7.65. The highest BCUT2D eigenvalue weighted by Crippen LogP contribution is 2.20. The number of aromatic nitrogens is 2. The average Bonchev–Trinajstić information content (AvgIpc) is 2.52. The quantitative estimate of drug-likeness (QED) is 0.667. The third-order valence-corrected chi connectivity index (χ3v) is 2.31. The summed E-state index contributed by atoms with van der Waals surface area (Å²) in [6, 6.07) is 0. The Morgan fingerprint density at radius 1 is 1.42 bits per heavy atom. The van der Waals surface area contributed by atoms with Crippen LogP contribution in [0.3, 0.4) is 0 Å². The van der Waals surface area contributed by atoms with Gasteiger partial charge in [0, 0.05) is 25.1 Å². The fourth-order valence-corrected chi connectivity index (χ4v) is 1.61. The van der Waals surface area contributed by atoms with Gasteiger partial charge in [-0.3, -0.25) is 0 Å². The van der Waals surface area contributed by atoms with Crippen LogP contribution in [0, 0.1) is 0 Å². The van der Waals surface area contributed by atoms with E-state index < -0.39 is 0 Å². The van der Waals surface area contributed by atoms with Gasteiger partial charge in [0.2, 0.25) is 0 Å². The molecule has 0 saturated carbocycles. The molecule has 64 valence electrons. The summed E-state index contributed by atoms with van der Waals surface area (Å²) in [5.41, 5.74) is 2.13. The van der Waals surface area contributed by atoms with Crippen LogP contribution in [0.15, 0.2) is 0 Å². The Morgan fingerprint density at radius 3 is 3.00 bits per heavy atom. The fraction of sp³-hybridized carbons (Fsp3) is 0.500. The highest BCUT2D eigenvalue weighted by Gasteiger charge is 2.16. The van der Waals surface area contributed by atoms with Crippen LogP contribution in [0.25, 0.3) is 0 Å². The first-order chi connectivity index (χ1) is 5.81. The van der Waals surface area contributed by atoms with Gasteiger partial charge in [0.15, 0.2) is 0 Å². The molecule has 12 heavy (non-hydrogen) atoms. The van der Waals surface area contributed by atoms with Crippen LogP contribution in [0.5, 0.6) is 0 Å². The minimum absolute atomic E-state index is 0.613. The minimum atomic E-state index is 0.613. The van der Waals surface area contributed by atoms with Crippen molar-refractivity contribution in [3.8, 4) is 0 Å². The molecule has 1 N–H and O–H groups in total. The van der Waals surface area contributed by atoms with Crippen LogP contribution in [0.4, 0.5) is 0 Å². The van der Waals surface area contributed by atoms with Gasteiger partial charge in [-0.2, -0.15) is 0 Å². The van der Waals surface area contributed by atoms with Gasteiger partial charge >= 0.3 is 0 Å². The molecule has 0 unspecified atom stereocenters. The Bertz CT molecular complexity index is 311. The van der Waals surface area contributed by atoms with Gasteiger partial charge in [0.1, 0.15) is 11.0 Å². The maximum atomic E-state index is 5.96. The zero-order valence-electron chi connectivity index (χ0n) is 6.89. The van der Waals surface area contributed by atoms with Crippen LogP contribution < -0.4 is 5.32 Å². The van der Waals surface area contributed by atoms with E-state index in [0.29, 0.717) is 5.15 Å². The lowest BCUT2D eigenvalue weighted by atomic mass is 10.2. The summed E-state index contributed by atoms with van der Waals surface area (Å²) in [6.07, 6.45) is 0.840. The fourth-order valence-electron chi connectivity index (χ4n) is 1.33. The molecule has 2 heterocycles. The molecule has 0 spiro atoms. The lowest BCUT2D eigenvalue weighted by molar-refractivity contribution is 0.755. The molecule has 0 amide bonds. The average molecular weight is 184 g/mol. The molecule has 1 aromatic heterocycles. The van der Waals surface area contributed by atoms with E-state index in [9.17, 15) is 0 Å². The number of nitrogens with zero attached hydrogens (tertiary/aromatic N) is 2. The number of halogens is 1. The molecule has 3 nitrogen and oxygen atoms in total. The van der Waals surface area contributed by atoms with Gasteiger partial charge in [-0.05, 0) is 0 Å². The summed E-state index contributed by atoms with van der Waals surface area (Å²) in [5, 5.41) is 3.81. The number of hydrogen-bond acceptors (Lipinski definition) is 3. The largest absolute Gasteiger partial charge is 0.307 e. The smallest absolute Gasteiger partial charge is 0.137 e. The predicted molar refractivity (Wildman–Crippen MR) is 47.0 cm³/mol. The zero-order chi connectivity index (χ0) is 8.55. The lowest BCUT2D eigenvalue weighted by Gasteiger charge is -2.01. The van der Waals surface area contributed by atoms with E-state index in [1.54, 1.807) is 0 Å². The van der Waals surface area contributed by atoms with Gasteiger partial charge in [0.25, 0.3) is 0 Å². The molecule has 4 heteroatoms. The molecule has 2 rings (SSSR count). The van der Waals surface area contributed by atoms with Crippen molar-refractivity contribution < 1.29 is 0 Å². The summed E-state index contributed by atoms with van der Waals surface area (Å²) >= 11 is 5.96. The third-order valence-electron chi connectivity index (χ3n) is 2.00. The van der Waals surface area contributed by atoms with Crippen molar-refractivity contribution in [3.05, 3.63) is 22.2 Å². The van der Waals surface area contributed by atoms with Crippen molar-refractivity contribution in [1.82, 2.24) is 15.3 Å². The maximum Gasteiger partial charge on any atom is 0.137 e. The van der Waals surface area contributed by atoms with Gasteiger partial charge in [-0.25, -0.2) is 9.97 Å². The molecular weight excluding hydrogens is 174 g/mol. The van der Waals surface area contributed by atoms with Crippen molar-refractivity contribution >= 4 is 11.6 Å². The first-order valence-corrected chi connectivity index (χ1v) is 4.44. The van der Waals surface area contributed by atoms with Crippen LogP contribution in [0.2, 0.25) is 5.15 Å². The first kappa shape index (κ1) is 7.95. The number of aryl methyl sites for hydroxylation is 1. The van der Waals surface area contributed by atoms with E-state index in [1.807, 2.05) is 6.92 Å². The Hall–Kier alpha value is -0.670. The molecule has 0 saturated heterocycles. The van der Waals surface area contributed by atoms with E-state index in [-0.39, 0.29) is 0 Å². The molecule has 0 atom stereocenters. The van der Waals surface area contributed by atoms with E-state index in [1.165, 1.54) is 0 Å². The minimum Gasteiger partial charge on any atom is -0.307 e. The Labute approximate surface area is 76.2 Å². The topological polar surface area (TPSA) is 37.8 Å². The number of fused-ring (bicyclic) bond motifs is 1. The van der Waals surface area contributed by atoms with Gasteiger partial charge in [-0.15, -0.1) is 0 Å². The highest BCUT2D eigenvalue weighted by molar-refractivity contribution is 6.30. The molecule has 0 bridgehead atoms. The Kier molecular flexibility index (Phi) is 1.98. The summed E-state index contributed by atoms with van der Waals surface area (Å²) in [6.45, 7) is 3.66. The SMILES string of the molecule is CCc1nc(Cl)c2c(n1)CNC2. The maximum absolute atomic E-state index is 5.96. The van der Waals surface area contributed by atoms with Crippen LogP contribution in [0.1, 0.15) is 24.0 Å². The second-order valence-electron chi connectivity index (χ2n) is 2.81. The first-order valence-electron chi connectivity index (χ1n) is 4.06. The van der Waals surface area contributed by atoms with Gasteiger partial charge in [-0.1, -0.05) is 18.5 Å².